The second-order valence-electron chi connectivity index (χ2n) is 5.82. The number of nitrogens with one attached hydrogen (secondary N) is 1. The number of furan rings is 1. The van der Waals surface area contributed by atoms with E-state index in [2.05, 4.69) is 5.32 Å². The summed E-state index contributed by atoms with van der Waals surface area (Å²) >= 11 is 0. The molecule has 128 valence electrons. The third kappa shape index (κ3) is 3.86. The molecule has 0 saturated carbocycles. The van der Waals surface area contributed by atoms with Crippen LogP contribution >= 0.6 is 0 Å². The van der Waals surface area contributed by atoms with Gasteiger partial charge in [0.05, 0.1) is 5.56 Å². The van der Waals surface area contributed by atoms with E-state index in [1.807, 2.05) is 0 Å². The second-order valence-corrected chi connectivity index (χ2v) is 5.82. The number of piperidine rings is 1. The Kier molecular flexibility index (Phi) is 4.72. The molecule has 1 N–H and O–H groups in total. The highest BCUT2D eigenvalue weighted by atomic mass is 19.4. The van der Waals surface area contributed by atoms with Crippen molar-refractivity contribution in [1.82, 2.24) is 10.2 Å². The lowest BCUT2D eigenvalue weighted by atomic mass is 9.96. The van der Waals surface area contributed by atoms with Gasteiger partial charge in [0, 0.05) is 19.5 Å². The van der Waals surface area contributed by atoms with Gasteiger partial charge in [0.2, 0.25) is 5.91 Å². The molecule has 1 aliphatic heterocycles. The van der Waals surface area contributed by atoms with E-state index in [1.165, 1.54) is 19.9 Å². The molecule has 2 heterocycles. The van der Waals surface area contributed by atoms with Gasteiger partial charge in [0.25, 0.3) is 5.91 Å². The van der Waals surface area contributed by atoms with Crippen LogP contribution in [0, 0.1) is 13.8 Å². The second kappa shape index (κ2) is 6.25. The summed E-state index contributed by atoms with van der Waals surface area (Å²) in [5, 5.41) is 2.59. The number of amides is 2. The molecular formula is C15H19F3N2O3. The Hall–Kier alpha value is -1.99. The van der Waals surface area contributed by atoms with E-state index in [4.69, 9.17) is 4.42 Å². The topological polar surface area (TPSA) is 62.6 Å². The standard InChI is InChI=1S/C15H19F3N2O3/c1-8-6-12(9(2)23-8)14(22)20-7-11(19-10(3)21)4-5-13(20)15(16,17)18/h6,11,13H,4-5,7H2,1-3H3,(H,19,21). The number of halogens is 3. The van der Waals surface area contributed by atoms with Crippen LogP contribution in [0.25, 0.3) is 0 Å². The molecule has 1 aromatic rings. The molecule has 0 spiro atoms. The number of nitrogens with zero attached hydrogens (tertiary/aromatic N) is 1. The number of hydrogen-bond acceptors (Lipinski definition) is 3. The van der Waals surface area contributed by atoms with Gasteiger partial charge >= 0.3 is 6.18 Å². The average Bonchev–Trinajstić information content (AvgIpc) is 2.74. The molecule has 1 aromatic heterocycles. The summed E-state index contributed by atoms with van der Waals surface area (Å²) in [6, 6.07) is -0.898. The maximum atomic E-state index is 13.3. The summed E-state index contributed by atoms with van der Waals surface area (Å²) in [6.45, 7) is 4.29. The zero-order chi connectivity index (χ0) is 17.4. The summed E-state index contributed by atoms with van der Waals surface area (Å²) < 4.78 is 45.0. The van der Waals surface area contributed by atoms with Gasteiger partial charge < -0.3 is 14.6 Å². The molecule has 0 radical (unpaired) electrons. The first-order valence-electron chi connectivity index (χ1n) is 7.31. The van der Waals surface area contributed by atoms with Gasteiger partial charge in [-0.1, -0.05) is 0 Å². The monoisotopic (exact) mass is 332 g/mol. The zero-order valence-corrected chi connectivity index (χ0v) is 13.2. The number of carbonyl (C=O) groups is 2. The highest BCUT2D eigenvalue weighted by Gasteiger charge is 2.48. The Labute approximate surface area is 131 Å². The fourth-order valence-corrected chi connectivity index (χ4v) is 2.94. The summed E-state index contributed by atoms with van der Waals surface area (Å²) in [7, 11) is 0. The maximum Gasteiger partial charge on any atom is 0.408 e. The van der Waals surface area contributed by atoms with E-state index in [0.717, 1.165) is 4.90 Å². The number of aryl methyl sites for hydroxylation is 2. The fourth-order valence-electron chi connectivity index (χ4n) is 2.94. The minimum absolute atomic E-state index is 0.125. The minimum Gasteiger partial charge on any atom is -0.466 e. The lowest BCUT2D eigenvalue weighted by Gasteiger charge is -2.40. The Balaban J connectivity index is 2.29. The van der Waals surface area contributed by atoms with E-state index in [-0.39, 0.29) is 36.6 Å². The number of rotatable bonds is 2. The summed E-state index contributed by atoms with van der Waals surface area (Å²) in [4.78, 5) is 24.5. The summed E-state index contributed by atoms with van der Waals surface area (Å²) in [5.41, 5.74) is 0.125. The molecular weight excluding hydrogens is 313 g/mol. The Bertz CT molecular complexity index is 610. The molecule has 2 unspecified atom stereocenters. The predicted octanol–water partition coefficient (Wildman–Crippen LogP) is 2.57. The predicted molar refractivity (Wildman–Crippen MR) is 75.9 cm³/mol. The fraction of sp³-hybridized carbons (Fsp3) is 0.600. The highest BCUT2D eigenvalue weighted by Crippen LogP contribution is 2.33. The molecule has 1 fully saturated rings. The Morgan fingerprint density at radius 1 is 1.30 bits per heavy atom. The number of alkyl halides is 3. The summed E-state index contributed by atoms with van der Waals surface area (Å²) in [6.07, 6.45) is -4.57. The zero-order valence-electron chi connectivity index (χ0n) is 13.2. The van der Waals surface area contributed by atoms with Crippen molar-refractivity contribution in [2.75, 3.05) is 6.54 Å². The van der Waals surface area contributed by atoms with E-state index < -0.39 is 24.2 Å². The van der Waals surface area contributed by atoms with Gasteiger partial charge in [-0.3, -0.25) is 9.59 Å². The third-order valence-corrected chi connectivity index (χ3v) is 3.90. The van der Waals surface area contributed by atoms with Crippen LogP contribution < -0.4 is 5.32 Å². The van der Waals surface area contributed by atoms with Crippen LogP contribution in [0.5, 0.6) is 0 Å². The number of likely N-dealkylation sites (tertiary alicyclic amines) is 1. The molecule has 0 bridgehead atoms. The highest BCUT2D eigenvalue weighted by molar-refractivity contribution is 5.95. The van der Waals surface area contributed by atoms with Crippen LogP contribution in [0.1, 0.15) is 41.6 Å². The van der Waals surface area contributed by atoms with Gasteiger partial charge in [-0.25, -0.2) is 0 Å². The van der Waals surface area contributed by atoms with Crippen molar-refractivity contribution in [3.8, 4) is 0 Å². The Morgan fingerprint density at radius 2 is 1.96 bits per heavy atom. The number of carbonyl (C=O) groups excluding carboxylic acids is 2. The quantitative estimate of drug-likeness (QED) is 0.905. The lowest BCUT2D eigenvalue weighted by molar-refractivity contribution is -0.184. The first kappa shape index (κ1) is 17.4. The third-order valence-electron chi connectivity index (χ3n) is 3.90. The van der Waals surface area contributed by atoms with Crippen LogP contribution in [0.15, 0.2) is 10.5 Å². The van der Waals surface area contributed by atoms with Crippen molar-refractivity contribution < 1.29 is 27.2 Å². The molecule has 2 rings (SSSR count). The minimum atomic E-state index is -4.51. The van der Waals surface area contributed by atoms with E-state index >= 15 is 0 Å². The summed E-state index contributed by atoms with van der Waals surface area (Å²) in [5.74, 6) is -0.306. The molecule has 1 aliphatic rings. The first-order valence-corrected chi connectivity index (χ1v) is 7.31. The van der Waals surface area contributed by atoms with E-state index in [1.54, 1.807) is 6.92 Å². The Morgan fingerprint density at radius 3 is 2.43 bits per heavy atom. The lowest BCUT2D eigenvalue weighted by Crippen LogP contribution is -2.58. The van der Waals surface area contributed by atoms with Gasteiger partial charge in [-0.2, -0.15) is 13.2 Å². The molecule has 23 heavy (non-hydrogen) atoms. The number of hydrogen-bond donors (Lipinski definition) is 1. The van der Waals surface area contributed by atoms with Gasteiger partial charge in [-0.15, -0.1) is 0 Å². The van der Waals surface area contributed by atoms with Crippen molar-refractivity contribution in [3.05, 3.63) is 23.2 Å². The van der Waals surface area contributed by atoms with Crippen LogP contribution in [0.3, 0.4) is 0 Å². The van der Waals surface area contributed by atoms with E-state index in [9.17, 15) is 22.8 Å². The van der Waals surface area contributed by atoms with Crippen molar-refractivity contribution in [2.24, 2.45) is 0 Å². The molecule has 2 amide bonds. The van der Waals surface area contributed by atoms with Gasteiger partial charge in [0.15, 0.2) is 0 Å². The van der Waals surface area contributed by atoms with Gasteiger partial charge in [-0.05, 0) is 32.8 Å². The van der Waals surface area contributed by atoms with Crippen molar-refractivity contribution >= 4 is 11.8 Å². The average molecular weight is 332 g/mol. The van der Waals surface area contributed by atoms with Crippen molar-refractivity contribution in [1.29, 1.82) is 0 Å². The first-order chi connectivity index (χ1) is 10.6. The maximum absolute atomic E-state index is 13.3. The van der Waals surface area contributed by atoms with Crippen LogP contribution in [0.2, 0.25) is 0 Å². The van der Waals surface area contributed by atoms with Crippen molar-refractivity contribution in [2.45, 2.75) is 51.9 Å². The molecule has 8 heteroatoms. The SMILES string of the molecule is CC(=O)NC1CCC(C(F)(F)F)N(C(=O)c2cc(C)oc2C)C1. The molecule has 1 saturated heterocycles. The molecule has 0 aromatic carbocycles. The smallest absolute Gasteiger partial charge is 0.408 e. The molecule has 2 atom stereocenters. The normalized spacial score (nSPS) is 22.1. The van der Waals surface area contributed by atoms with Crippen LogP contribution in [-0.2, 0) is 4.79 Å². The van der Waals surface area contributed by atoms with Crippen LogP contribution in [-0.4, -0.2) is 41.5 Å². The van der Waals surface area contributed by atoms with Crippen LogP contribution in [0.4, 0.5) is 13.2 Å². The largest absolute Gasteiger partial charge is 0.466 e. The van der Waals surface area contributed by atoms with Gasteiger partial charge in [0.1, 0.15) is 17.6 Å². The molecule has 5 nitrogen and oxygen atoms in total. The van der Waals surface area contributed by atoms with Crippen molar-refractivity contribution in [3.63, 3.8) is 0 Å². The molecule has 0 aliphatic carbocycles. The van der Waals surface area contributed by atoms with E-state index in [0.29, 0.717) is 5.76 Å².